The van der Waals surface area contributed by atoms with Crippen molar-refractivity contribution in [3.8, 4) is 17.2 Å². The molecular weight excluding hydrogens is 1130 g/mol. The van der Waals surface area contributed by atoms with Crippen LogP contribution in [0.1, 0.15) is 37.5 Å². The van der Waals surface area contributed by atoms with E-state index in [-0.39, 0.29) is 90.6 Å². The zero-order valence-electron chi connectivity index (χ0n) is 34.6. The Balaban J connectivity index is -0.000000306. The Hall–Kier alpha value is -4.70. The first-order valence-electron chi connectivity index (χ1n) is 17.5. The summed E-state index contributed by atoms with van der Waals surface area (Å²) < 4.78 is 136. The third-order valence-corrected chi connectivity index (χ3v) is 6.51. The maximum absolute atomic E-state index is 11.9. The number of rotatable bonds is 11. The SMILES string of the molecule is CC(CN=Cc1ccccc1[O-])(CN=Cc1ccccc1[O-])CN=Cc1ccccc1[O-].CCO.CCO.O.O=C(/C=C(\[O-])C(F)(F)F)C(F)(F)F.O=C(/C=C(\[O-])C(F)(F)F)C(F)(F)F.[Dy+3].[Ni+2]. The molecule has 3 rings (SSSR count). The molecular formula is C40H40DyF12N3NiO10. The first-order chi connectivity index (χ1) is 29.4. The standard InChI is InChI=1S/C26H27N3O3.2C5H2F6O2.2C2H6O.Dy.Ni.H2O/c1-26(17-27-14-20-8-2-5-11-23(20)30,18-28-15-21-9-3-6-12-24(21)31)19-29-16-22-10-4-7-13-25(22)32;2*6-4(7,8)2(12)1-3(13)5(9,10)11;2*1-2-3;;;/h2-16,30-32H,17-19H2,1H3;2*1,12H;2*3H,2H2,1H3;;;1H2/q;;;;;+3;+2;/p-5/b;2*2-1-;;;;;. The van der Waals surface area contributed by atoms with E-state index in [1.54, 1.807) is 87.1 Å². The topological polar surface area (TPSA) is 258 Å². The van der Waals surface area contributed by atoms with E-state index >= 15 is 0 Å². The number of aliphatic hydroxyl groups is 2. The number of nitrogens with zero attached hydrogens (tertiary/aromatic N) is 3. The summed E-state index contributed by atoms with van der Waals surface area (Å²) in [7, 11) is 0. The van der Waals surface area contributed by atoms with E-state index in [0.717, 1.165) is 0 Å². The van der Waals surface area contributed by atoms with Crippen molar-refractivity contribution in [2.24, 2.45) is 20.4 Å². The van der Waals surface area contributed by atoms with Crippen molar-refractivity contribution in [2.45, 2.75) is 45.5 Å². The first-order valence-corrected chi connectivity index (χ1v) is 17.5. The van der Waals surface area contributed by atoms with Gasteiger partial charge in [-0.05, 0) is 54.2 Å². The fraction of sp³-hybridized carbons (Fsp3) is 0.325. The monoisotopic (exact) mass is 1170 g/mol. The number of alkyl halides is 12. The smallest absolute Gasteiger partial charge is 0.872 e. The van der Waals surface area contributed by atoms with Crippen LogP contribution >= 0.6 is 0 Å². The van der Waals surface area contributed by atoms with Gasteiger partial charge in [0.25, 0.3) is 11.6 Å². The van der Waals surface area contributed by atoms with Crippen molar-refractivity contribution in [3.05, 3.63) is 113 Å². The van der Waals surface area contributed by atoms with E-state index in [0.29, 0.717) is 36.3 Å². The molecule has 379 valence electrons. The second kappa shape index (κ2) is 34.6. The Morgan fingerprint density at radius 1 is 0.522 bits per heavy atom. The van der Waals surface area contributed by atoms with Gasteiger partial charge in [-0.25, -0.2) is 0 Å². The molecule has 0 aliphatic heterocycles. The Bertz CT molecular complexity index is 1850. The average molecular weight is 1170 g/mol. The van der Waals surface area contributed by atoms with Gasteiger partial charge in [0.15, 0.2) is 0 Å². The molecule has 0 fully saturated rings. The second-order valence-electron chi connectivity index (χ2n) is 12.2. The van der Waals surface area contributed by atoms with E-state index in [1.165, 1.54) is 18.2 Å². The molecule has 3 aromatic carbocycles. The molecule has 1 radical (unpaired) electrons. The normalized spacial score (nSPS) is 12.7. The van der Waals surface area contributed by atoms with Crippen LogP contribution in [0.2, 0.25) is 0 Å². The molecule has 0 aromatic heterocycles. The predicted molar refractivity (Wildman–Crippen MR) is 203 cm³/mol. The van der Waals surface area contributed by atoms with Gasteiger partial charge in [-0.3, -0.25) is 24.6 Å². The molecule has 27 heteroatoms. The molecule has 0 saturated carbocycles. The number of carbonyl (C=O) groups is 2. The van der Waals surface area contributed by atoms with Gasteiger partial charge in [-0.2, -0.15) is 52.7 Å². The summed E-state index contributed by atoms with van der Waals surface area (Å²) in [5.41, 5.74) is 1.07. The summed E-state index contributed by atoms with van der Waals surface area (Å²) in [4.78, 5) is 33.0. The Morgan fingerprint density at radius 2 is 0.731 bits per heavy atom. The molecule has 0 unspecified atom stereocenters. The van der Waals surface area contributed by atoms with Crippen LogP contribution in [0.4, 0.5) is 52.7 Å². The third kappa shape index (κ3) is 32.6. The molecule has 13 nitrogen and oxygen atoms in total. The van der Waals surface area contributed by atoms with Crippen LogP contribution < -0.4 is 25.5 Å². The quantitative estimate of drug-likeness (QED) is 0.0934. The maximum Gasteiger partial charge on any atom is 3.00 e. The van der Waals surface area contributed by atoms with Gasteiger partial charge in [0.2, 0.25) is 0 Å². The van der Waals surface area contributed by atoms with Crippen LogP contribution in [0.25, 0.3) is 0 Å². The van der Waals surface area contributed by atoms with Gasteiger partial charge < -0.3 is 41.2 Å². The molecule has 0 saturated heterocycles. The van der Waals surface area contributed by atoms with Crippen molar-refractivity contribution < 1.29 is 158 Å². The number of hydrogen-bond acceptors (Lipinski definition) is 12. The van der Waals surface area contributed by atoms with Gasteiger partial charge in [0.1, 0.15) is 0 Å². The third-order valence-electron chi connectivity index (χ3n) is 6.51. The van der Waals surface area contributed by atoms with Crippen LogP contribution in [-0.2, 0) is 26.1 Å². The van der Waals surface area contributed by atoms with Crippen LogP contribution in [0.5, 0.6) is 17.2 Å². The molecule has 3 aromatic rings. The van der Waals surface area contributed by atoms with Crippen LogP contribution in [-0.4, -0.2) is 103 Å². The Morgan fingerprint density at radius 3 is 0.910 bits per heavy atom. The molecule has 0 heterocycles. The number of aliphatic imine (C=N–C) groups is 3. The summed E-state index contributed by atoms with van der Waals surface area (Å²) in [6.45, 7) is 6.95. The van der Waals surface area contributed by atoms with E-state index in [2.05, 4.69) is 15.0 Å². The van der Waals surface area contributed by atoms with Crippen LogP contribution in [0.15, 0.2) is 111 Å². The first kappa shape index (κ1) is 71.3. The summed E-state index contributed by atoms with van der Waals surface area (Å²) in [6, 6.07) is 20.1. The number of allylic oxidation sites excluding steroid dienone is 4. The van der Waals surface area contributed by atoms with E-state index in [9.17, 15) is 87.8 Å². The van der Waals surface area contributed by atoms with E-state index < -0.39 is 65.4 Å². The molecule has 0 amide bonds. The number of halogens is 12. The molecule has 0 aliphatic rings. The fourth-order valence-electron chi connectivity index (χ4n) is 3.57. The van der Waals surface area contributed by atoms with Gasteiger partial charge in [0.05, 0.1) is 0 Å². The van der Waals surface area contributed by atoms with Crippen molar-refractivity contribution >= 4 is 30.2 Å². The summed E-state index contributed by atoms with van der Waals surface area (Å²) in [6.07, 6.45) is -19.2. The number of aliphatic hydroxyl groups excluding tert-OH is 2. The Labute approximate surface area is 415 Å². The average Bonchev–Trinajstić information content (AvgIpc) is 3.17. The summed E-state index contributed by atoms with van der Waals surface area (Å²) >= 11 is 0. The fourth-order valence-corrected chi connectivity index (χ4v) is 3.57. The molecule has 0 aliphatic carbocycles. The van der Waals surface area contributed by atoms with E-state index in [1.807, 2.05) is 6.92 Å². The number of hydrogen-bond donors (Lipinski definition) is 2. The van der Waals surface area contributed by atoms with Gasteiger partial charge in [-0.1, -0.05) is 79.7 Å². The maximum atomic E-state index is 11.9. The Kier molecular flexibility index (Phi) is 36.8. The van der Waals surface area contributed by atoms with Crippen LogP contribution in [0, 0.1) is 43.6 Å². The van der Waals surface area contributed by atoms with Crippen LogP contribution in [0.3, 0.4) is 0 Å². The van der Waals surface area contributed by atoms with Crippen molar-refractivity contribution in [2.75, 3.05) is 32.8 Å². The summed E-state index contributed by atoms with van der Waals surface area (Å²) in [5.74, 6) is -11.6. The number of para-hydroxylation sites is 3. The number of benzene rings is 3. The second-order valence-corrected chi connectivity index (χ2v) is 12.2. The van der Waals surface area contributed by atoms with Crippen molar-refractivity contribution in [1.82, 2.24) is 0 Å². The minimum Gasteiger partial charge on any atom is -0.872 e. The van der Waals surface area contributed by atoms with E-state index in [4.69, 9.17) is 10.2 Å². The van der Waals surface area contributed by atoms with Crippen molar-refractivity contribution in [3.63, 3.8) is 0 Å². The van der Waals surface area contributed by atoms with Gasteiger partial charge in [0, 0.05) is 56.9 Å². The summed E-state index contributed by atoms with van der Waals surface area (Å²) in [5, 5.41) is 70.5. The van der Waals surface area contributed by atoms with Crippen molar-refractivity contribution in [1.29, 1.82) is 0 Å². The molecule has 0 atom stereocenters. The largest absolute Gasteiger partial charge is 3.00 e. The zero-order chi connectivity index (χ0) is 50.0. The number of carbonyl (C=O) groups excluding carboxylic acids is 2. The van der Waals surface area contributed by atoms with Gasteiger partial charge in [-0.15, -0.1) is 17.2 Å². The van der Waals surface area contributed by atoms with Gasteiger partial charge >= 0.3 is 79.4 Å². The predicted octanol–water partition coefficient (Wildman–Crippen LogP) is 3.59. The minimum atomic E-state index is -5.46. The molecule has 0 bridgehead atoms. The number of ketones is 2. The molecule has 67 heavy (non-hydrogen) atoms. The zero-order valence-corrected chi connectivity index (χ0v) is 37.6. The minimum absolute atomic E-state index is 0. The molecule has 4 N–H and O–H groups in total. The molecule has 0 spiro atoms.